The number of aliphatic imine (C=N–C) groups is 1. The highest BCUT2D eigenvalue weighted by Gasteiger charge is 2.52. The molecule has 43 heavy (non-hydrogen) atoms. The molecule has 0 unspecified atom stereocenters. The van der Waals surface area contributed by atoms with Crippen molar-refractivity contribution < 1.29 is 19.4 Å². The van der Waals surface area contributed by atoms with E-state index in [1.807, 2.05) is 104 Å². The van der Waals surface area contributed by atoms with Crippen LogP contribution in [0.15, 0.2) is 120 Å². The van der Waals surface area contributed by atoms with E-state index < -0.39 is 11.6 Å². The van der Waals surface area contributed by atoms with E-state index in [4.69, 9.17) is 19.6 Å². The molecule has 1 heterocycles. The highest BCUT2D eigenvalue weighted by Crippen LogP contribution is 2.43. The van der Waals surface area contributed by atoms with E-state index in [2.05, 4.69) is 29.6 Å². The van der Waals surface area contributed by atoms with Gasteiger partial charge in [-0.2, -0.15) is 0 Å². The molecule has 1 aliphatic rings. The first-order valence-corrected chi connectivity index (χ1v) is 14.9. The molecule has 4 aromatic carbocycles. The third kappa shape index (κ3) is 7.22. The highest BCUT2D eigenvalue weighted by atomic mass is 16.5. The quantitative estimate of drug-likeness (QED) is 0.169. The summed E-state index contributed by atoms with van der Waals surface area (Å²) in [6.07, 6.45) is 5.14. The van der Waals surface area contributed by atoms with Gasteiger partial charge in [0.15, 0.2) is 11.6 Å². The van der Waals surface area contributed by atoms with Gasteiger partial charge < -0.3 is 19.9 Å². The minimum atomic E-state index is -1.21. The van der Waals surface area contributed by atoms with Gasteiger partial charge in [-0.25, -0.2) is 4.99 Å². The molecule has 1 aliphatic heterocycles. The number of ether oxygens (including phenoxy) is 2. The standard InChI is InChI=1S/C37H38N2O4/c1-2-25-38-36(41)37(24-9-13-28-11-5-3-6-12-28)34(31-18-16-30(17-19-31)29-14-7-4-8-15-29)43-35(39-37)32-20-22-33(23-21-32)42-27-10-26-40/h3-9,11-23,34,40H,2,10,24-27H2,1H3,(H,38,41)/b13-9+/t34-,37-/m1/s1. The molecule has 6 nitrogen and oxygen atoms in total. The summed E-state index contributed by atoms with van der Waals surface area (Å²) in [6, 6.07) is 35.9. The fourth-order valence-corrected chi connectivity index (χ4v) is 5.13. The summed E-state index contributed by atoms with van der Waals surface area (Å²) in [5.41, 5.74) is 3.69. The molecule has 2 N–H and O–H groups in total. The second-order valence-corrected chi connectivity index (χ2v) is 10.6. The minimum absolute atomic E-state index is 0.0807. The fraction of sp³-hybridized carbons (Fsp3) is 0.243. The van der Waals surface area contributed by atoms with E-state index in [1.54, 1.807) is 0 Å². The van der Waals surface area contributed by atoms with Crippen LogP contribution in [0.2, 0.25) is 0 Å². The maximum atomic E-state index is 14.0. The molecule has 6 heteroatoms. The van der Waals surface area contributed by atoms with Crippen LogP contribution >= 0.6 is 0 Å². The Morgan fingerprint density at radius 3 is 2.23 bits per heavy atom. The van der Waals surface area contributed by atoms with Crippen molar-refractivity contribution in [3.05, 3.63) is 132 Å². The number of benzene rings is 4. The summed E-state index contributed by atoms with van der Waals surface area (Å²) in [5, 5.41) is 12.2. The monoisotopic (exact) mass is 574 g/mol. The molecule has 0 aromatic heterocycles. The Morgan fingerprint density at radius 1 is 0.907 bits per heavy atom. The Hall–Kier alpha value is -4.68. The van der Waals surface area contributed by atoms with Crippen LogP contribution in [0.5, 0.6) is 5.75 Å². The van der Waals surface area contributed by atoms with Gasteiger partial charge >= 0.3 is 0 Å². The second-order valence-electron chi connectivity index (χ2n) is 10.6. The zero-order chi connectivity index (χ0) is 29.9. The lowest BCUT2D eigenvalue weighted by atomic mass is 9.83. The molecule has 4 aromatic rings. The molecule has 2 atom stereocenters. The number of amides is 1. The van der Waals surface area contributed by atoms with E-state index in [-0.39, 0.29) is 12.5 Å². The third-order valence-corrected chi connectivity index (χ3v) is 7.42. The summed E-state index contributed by atoms with van der Waals surface area (Å²) in [5.74, 6) is 0.948. The van der Waals surface area contributed by atoms with Gasteiger partial charge in [-0.05, 0) is 52.9 Å². The number of aliphatic hydroxyl groups is 1. The summed E-state index contributed by atoms with van der Waals surface area (Å²) >= 11 is 0. The van der Waals surface area contributed by atoms with Crippen molar-refractivity contribution in [1.82, 2.24) is 5.32 Å². The minimum Gasteiger partial charge on any atom is -0.494 e. The van der Waals surface area contributed by atoms with Gasteiger partial charge in [0.1, 0.15) is 5.75 Å². The van der Waals surface area contributed by atoms with E-state index >= 15 is 0 Å². The predicted octanol–water partition coefficient (Wildman–Crippen LogP) is 7.00. The van der Waals surface area contributed by atoms with Gasteiger partial charge in [-0.15, -0.1) is 0 Å². The normalized spacial score (nSPS) is 17.8. The SMILES string of the molecule is CCCNC(=O)[C@]1(C/C=C/c2ccccc2)N=C(c2ccc(OCCCO)cc2)O[C@@H]1c1ccc(-c2ccccc2)cc1. The van der Waals surface area contributed by atoms with Crippen LogP contribution in [0.3, 0.4) is 0 Å². The van der Waals surface area contributed by atoms with Crippen LogP contribution in [0, 0.1) is 0 Å². The maximum absolute atomic E-state index is 14.0. The maximum Gasteiger partial charge on any atom is 0.252 e. The smallest absolute Gasteiger partial charge is 0.252 e. The average molecular weight is 575 g/mol. The molecule has 0 saturated heterocycles. The molecule has 0 aliphatic carbocycles. The van der Waals surface area contributed by atoms with Crippen molar-refractivity contribution in [2.24, 2.45) is 4.99 Å². The lowest BCUT2D eigenvalue weighted by molar-refractivity contribution is -0.128. The molecule has 0 saturated carbocycles. The van der Waals surface area contributed by atoms with E-state index in [0.29, 0.717) is 37.6 Å². The number of hydrogen-bond donors (Lipinski definition) is 2. The van der Waals surface area contributed by atoms with Crippen LogP contribution in [0.25, 0.3) is 17.2 Å². The molecule has 5 rings (SSSR count). The number of carbonyl (C=O) groups is 1. The Morgan fingerprint density at radius 2 is 1.56 bits per heavy atom. The average Bonchev–Trinajstić information content (AvgIpc) is 3.46. The Bertz CT molecular complexity index is 1520. The van der Waals surface area contributed by atoms with Gasteiger partial charge in [-0.1, -0.05) is 104 Å². The second kappa shape index (κ2) is 14.5. The Balaban J connectivity index is 1.52. The third-order valence-electron chi connectivity index (χ3n) is 7.42. The number of nitrogens with zero attached hydrogens (tertiary/aromatic N) is 1. The lowest BCUT2D eigenvalue weighted by Gasteiger charge is -2.30. The Kier molecular flexibility index (Phi) is 10.0. The Labute approximate surface area is 253 Å². The van der Waals surface area contributed by atoms with Crippen molar-refractivity contribution in [3.63, 3.8) is 0 Å². The fourth-order valence-electron chi connectivity index (χ4n) is 5.13. The molecule has 0 fully saturated rings. The van der Waals surface area contributed by atoms with Crippen LogP contribution in [0.1, 0.15) is 49.0 Å². The van der Waals surface area contributed by atoms with E-state index in [0.717, 1.165) is 34.2 Å². The predicted molar refractivity (Wildman–Crippen MR) is 172 cm³/mol. The van der Waals surface area contributed by atoms with Crippen LogP contribution < -0.4 is 10.1 Å². The summed E-state index contributed by atoms with van der Waals surface area (Å²) in [6.45, 7) is 3.10. The number of rotatable bonds is 13. The van der Waals surface area contributed by atoms with E-state index in [9.17, 15) is 4.79 Å². The lowest BCUT2D eigenvalue weighted by Crippen LogP contribution is -2.48. The summed E-state index contributed by atoms with van der Waals surface area (Å²) in [4.78, 5) is 19.1. The van der Waals surface area contributed by atoms with Gasteiger partial charge in [0, 0.05) is 31.6 Å². The molecule has 220 valence electrons. The number of carbonyl (C=O) groups excluding carboxylic acids is 1. The molecule has 1 amide bonds. The number of nitrogens with one attached hydrogen (secondary N) is 1. The first-order valence-electron chi connectivity index (χ1n) is 14.9. The van der Waals surface area contributed by atoms with Gasteiger partial charge in [0.2, 0.25) is 5.90 Å². The highest BCUT2D eigenvalue weighted by molar-refractivity contribution is 6.01. The molecular weight excluding hydrogens is 536 g/mol. The van der Waals surface area contributed by atoms with Crippen LogP contribution in [-0.2, 0) is 9.53 Å². The summed E-state index contributed by atoms with van der Waals surface area (Å²) in [7, 11) is 0. The topological polar surface area (TPSA) is 80.2 Å². The number of hydrogen-bond acceptors (Lipinski definition) is 5. The zero-order valence-corrected chi connectivity index (χ0v) is 24.5. The van der Waals surface area contributed by atoms with Crippen molar-refractivity contribution in [1.29, 1.82) is 0 Å². The molecule has 0 spiro atoms. The molecule has 0 radical (unpaired) electrons. The molecule has 0 bridgehead atoms. The van der Waals surface area contributed by atoms with Gasteiger partial charge in [0.05, 0.1) is 6.61 Å². The van der Waals surface area contributed by atoms with Crippen LogP contribution in [-0.4, -0.2) is 42.2 Å². The number of aliphatic hydroxyl groups excluding tert-OH is 1. The first kappa shape index (κ1) is 29.8. The zero-order valence-electron chi connectivity index (χ0n) is 24.5. The van der Waals surface area contributed by atoms with Crippen LogP contribution in [0.4, 0.5) is 0 Å². The summed E-state index contributed by atoms with van der Waals surface area (Å²) < 4.78 is 12.3. The van der Waals surface area contributed by atoms with Crippen molar-refractivity contribution in [2.45, 2.75) is 37.8 Å². The first-order chi connectivity index (χ1) is 21.1. The molecular formula is C37H38N2O4. The van der Waals surface area contributed by atoms with Crippen molar-refractivity contribution >= 4 is 17.9 Å². The largest absolute Gasteiger partial charge is 0.494 e. The van der Waals surface area contributed by atoms with E-state index in [1.165, 1.54) is 0 Å². The van der Waals surface area contributed by atoms with Crippen molar-refractivity contribution in [3.8, 4) is 16.9 Å². The van der Waals surface area contributed by atoms with Crippen molar-refractivity contribution in [2.75, 3.05) is 19.8 Å². The van der Waals surface area contributed by atoms with Gasteiger partial charge in [0.25, 0.3) is 5.91 Å². The van der Waals surface area contributed by atoms with Gasteiger partial charge in [-0.3, -0.25) is 4.79 Å².